The molecular formula is C21H20FN3OS. The molecule has 4 nitrogen and oxygen atoms in total. The van der Waals surface area contributed by atoms with Crippen molar-refractivity contribution in [3.05, 3.63) is 65.3 Å². The normalized spacial score (nSPS) is 16.1. The lowest BCUT2D eigenvalue weighted by atomic mass is 9.96. The van der Waals surface area contributed by atoms with Crippen LogP contribution in [0.4, 0.5) is 15.2 Å². The maximum absolute atomic E-state index is 13.5. The molecule has 138 valence electrons. The minimum absolute atomic E-state index is 0.118. The van der Waals surface area contributed by atoms with Crippen LogP contribution in [0.2, 0.25) is 0 Å². The van der Waals surface area contributed by atoms with Crippen LogP contribution >= 0.6 is 11.3 Å². The molecule has 0 saturated heterocycles. The maximum atomic E-state index is 13.5. The van der Waals surface area contributed by atoms with E-state index in [4.69, 9.17) is 0 Å². The van der Waals surface area contributed by atoms with E-state index in [-0.39, 0.29) is 24.3 Å². The van der Waals surface area contributed by atoms with Gasteiger partial charge in [0.1, 0.15) is 5.82 Å². The van der Waals surface area contributed by atoms with E-state index >= 15 is 0 Å². The van der Waals surface area contributed by atoms with Gasteiger partial charge in [0.25, 0.3) is 0 Å². The monoisotopic (exact) mass is 381 g/mol. The molecule has 1 atom stereocenters. The number of hydrogen-bond donors (Lipinski definition) is 1. The molecule has 4 rings (SSSR count). The van der Waals surface area contributed by atoms with Crippen molar-refractivity contribution in [3.63, 3.8) is 0 Å². The summed E-state index contributed by atoms with van der Waals surface area (Å²) in [7, 11) is 0. The zero-order valence-electron chi connectivity index (χ0n) is 15.0. The van der Waals surface area contributed by atoms with E-state index in [0.29, 0.717) is 5.13 Å². The summed E-state index contributed by atoms with van der Waals surface area (Å²) in [5, 5.41) is 5.42. The van der Waals surface area contributed by atoms with Crippen LogP contribution in [0, 0.1) is 5.82 Å². The number of benzene rings is 2. The van der Waals surface area contributed by atoms with E-state index in [1.54, 1.807) is 12.1 Å². The number of carbonyl (C=O) groups is 1. The second-order valence-electron chi connectivity index (χ2n) is 6.74. The Balaban J connectivity index is 1.46. The Hall–Kier alpha value is -2.73. The van der Waals surface area contributed by atoms with Gasteiger partial charge < -0.3 is 10.2 Å². The van der Waals surface area contributed by atoms with Crippen LogP contribution in [-0.4, -0.2) is 23.5 Å². The Kier molecular flexibility index (Phi) is 4.90. The standard InChI is InChI=1S/C21H20FN3OS/c1-14-7-8-16-11-17(22)9-10-19(16)25(14)12-20(26)24-21-23-18(13-27-21)15-5-3-2-4-6-15/h2-6,9-11,13-14H,7-8,12H2,1H3,(H,23,24,26). The number of aromatic nitrogens is 1. The van der Waals surface area contributed by atoms with E-state index in [2.05, 4.69) is 17.2 Å². The fourth-order valence-corrected chi connectivity index (χ4v) is 4.16. The summed E-state index contributed by atoms with van der Waals surface area (Å²) in [5.74, 6) is -0.350. The first-order chi connectivity index (χ1) is 13.1. The van der Waals surface area contributed by atoms with Crippen LogP contribution in [0.1, 0.15) is 18.9 Å². The lowest BCUT2D eigenvalue weighted by Gasteiger charge is -2.36. The van der Waals surface area contributed by atoms with Gasteiger partial charge in [0.15, 0.2) is 5.13 Å². The third kappa shape index (κ3) is 3.85. The van der Waals surface area contributed by atoms with E-state index in [9.17, 15) is 9.18 Å². The van der Waals surface area contributed by atoms with Crippen molar-refractivity contribution in [3.8, 4) is 11.3 Å². The molecule has 1 aliphatic heterocycles. The molecular weight excluding hydrogens is 361 g/mol. The number of aryl methyl sites for hydroxylation is 1. The Morgan fingerprint density at radius 2 is 2.11 bits per heavy atom. The van der Waals surface area contributed by atoms with Gasteiger partial charge in [0.05, 0.1) is 12.2 Å². The smallest absolute Gasteiger partial charge is 0.245 e. The molecule has 6 heteroatoms. The van der Waals surface area contributed by atoms with Gasteiger partial charge in [-0.3, -0.25) is 4.79 Å². The molecule has 0 bridgehead atoms. The fourth-order valence-electron chi connectivity index (χ4n) is 3.42. The quantitative estimate of drug-likeness (QED) is 0.711. The summed E-state index contributed by atoms with van der Waals surface area (Å²) in [5.41, 5.74) is 3.77. The van der Waals surface area contributed by atoms with Gasteiger partial charge in [-0.05, 0) is 43.5 Å². The van der Waals surface area contributed by atoms with E-state index < -0.39 is 0 Å². The maximum Gasteiger partial charge on any atom is 0.245 e. The lowest BCUT2D eigenvalue weighted by molar-refractivity contribution is -0.115. The summed E-state index contributed by atoms with van der Waals surface area (Å²) in [4.78, 5) is 19.1. The number of anilines is 2. The molecule has 27 heavy (non-hydrogen) atoms. The molecule has 0 spiro atoms. The van der Waals surface area contributed by atoms with Crippen molar-refractivity contribution in [1.29, 1.82) is 0 Å². The predicted molar refractivity (Wildman–Crippen MR) is 108 cm³/mol. The van der Waals surface area contributed by atoms with Crippen molar-refractivity contribution >= 4 is 28.1 Å². The molecule has 1 amide bonds. The molecule has 3 aromatic rings. The minimum atomic E-state index is -0.232. The molecule has 1 aliphatic rings. The van der Waals surface area contributed by atoms with Gasteiger partial charge in [0.2, 0.25) is 5.91 Å². The van der Waals surface area contributed by atoms with Crippen LogP contribution in [0.5, 0.6) is 0 Å². The van der Waals surface area contributed by atoms with Gasteiger partial charge in [-0.15, -0.1) is 11.3 Å². The molecule has 0 aliphatic carbocycles. The van der Waals surface area contributed by atoms with E-state index in [0.717, 1.165) is 35.3 Å². The average Bonchev–Trinajstić information content (AvgIpc) is 3.13. The summed E-state index contributed by atoms with van der Waals surface area (Å²) in [6, 6.07) is 14.9. The van der Waals surface area contributed by atoms with E-state index in [1.165, 1.54) is 17.4 Å². The predicted octanol–water partition coefficient (Wildman–Crippen LogP) is 4.73. The molecule has 1 unspecified atom stereocenters. The highest BCUT2D eigenvalue weighted by Crippen LogP contribution is 2.31. The summed E-state index contributed by atoms with van der Waals surface area (Å²) in [6.07, 6.45) is 1.73. The first-order valence-electron chi connectivity index (χ1n) is 8.96. The number of amides is 1. The van der Waals surface area contributed by atoms with Crippen molar-refractivity contribution in [1.82, 2.24) is 4.98 Å². The number of halogens is 1. The van der Waals surface area contributed by atoms with Gasteiger partial charge in [-0.1, -0.05) is 30.3 Å². The average molecular weight is 381 g/mol. The highest BCUT2D eigenvalue weighted by atomic mass is 32.1. The first kappa shape index (κ1) is 17.7. The second-order valence-corrected chi connectivity index (χ2v) is 7.60. The topological polar surface area (TPSA) is 45.2 Å². The fraction of sp³-hybridized carbons (Fsp3) is 0.238. The molecule has 1 N–H and O–H groups in total. The summed E-state index contributed by atoms with van der Waals surface area (Å²) in [6.45, 7) is 2.32. The van der Waals surface area contributed by atoms with Crippen LogP contribution in [0.3, 0.4) is 0 Å². The van der Waals surface area contributed by atoms with Crippen LogP contribution < -0.4 is 10.2 Å². The number of fused-ring (bicyclic) bond motifs is 1. The molecule has 2 aromatic carbocycles. The SMILES string of the molecule is CC1CCc2cc(F)ccc2N1CC(=O)Nc1nc(-c2ccccc2)cs1. The first-order valence-corrected chi connectivity index (χ1v) is 9.84. The highest BCUT2D eigenvalue weighted by Gasteiger charge is 2.25. The highest BCUT2D eigenvalue weighted by molar-refractivity contribution is 7.14. The number of rotatable bonds is 4. The Labute approximate surface area is 161 Å². The summed E-state index contributed by atoms with van der Waals surface area (Å²) < 4.78 is 13.5. The zero-order valence-corrected chi connectivity index (χ0v) is 15.8. The Morgan fingerprint density at radius 3 is 2.93 bits per heavy atom. The number of thiazole rings is 1. The number of carbonyl (C=O) groups excluding carboxylic acids is 1. The van der Waals surface area contributed by atoms with Crippen molar-refractivity contribution in [2.24, 2.45) is 0 Å². The molecule has 0 fully saturated rings. The van der Waals surface area contributed by atoms with E-state index in [1.807, 2.05) is 40.6 Å². The summed E-state index contributed by atoms with van der Waals surface area (Å²) >= 11 is 1.41. The number of nitrogens with one attached hydrogen (secondary N) is 1. The molecule has 0 radical (unpaired) electrons. The van der Waals surface area contributed by atoms with Crippen LogP contribution in [0.15, 0.2) is 53.9 Å². The third-order valence-electron chi connectivity index (χ3n) is 4.85. The second kappa shape index (κ2) is 7.48. The van der Waals surface area contributed by atoms with Gasteiger partial charge in [-0.25, -0.2) is 9.37 Å². The lowest BCUT2D eigenvalue weighted by Crippen LogP contribution is -2.42. The number of nitrogens with zero attached hydrogens (tertiary/aromatic N) is 2. The Bertz CT molecular complexity index is 957. The van der Waals surface area contributed by atoms with Crippen molar-refractivity contribution in [2.45, 2.75) is 25.8 Å². The van der Waals surface area contributed by atoms with Crippen LogP contribution in [0.25, 0.3) is 11.3 Å². The Morgan fingerprint density at radius 1 is 1.30 bits per heavy atom. The molecule has 1 aromatic heterocycles. The molecule has 2 heterocycles. The zero-order chi connectivity index (χ0) is 18.8. The molecule has 0 saturated carbocycles. The number of hydrogen-bond acceptors (Lipinski definition) is 4. The van der Waals surface area contributed by atoms with Gasteiger partial charge >= 0.3 is 0 Å². The van der Waals surface area contributed by atoms with Gasteiger partial charge in [0, 0.05) is 22.7 Å². The largest absolute Gasteiger partial charge is 0.359 e. The van der Waals surface area contributed by atoms with Crippen molar-refractivity contribution in [2.75, 3.05) is 16.8 Å². The van der Waals surface area contributed by atoms with Crippen LogP contribution in [-0.2, 0) is 11.2 Å². The van der Waals surface area contributed by atoms with Gasteiger partial charge in [-0.2, -0.15) is 0 Å². The van der Waals surface area contributed by atoms with Crippen molar-refractivity contribution < 1.29 is 9.18 Å². The minimum Gasteiger partial charge on any atom is -0.359 e. The third-order valence-corrected chi connectivity index (χ3v) is 5.61.